The average Bonchev–Trinajstić information content (AvgIpc) is 3.00. The van der Waals surface area contributed by atoms with E-state index in [-0.39, 0.29) is 0 Å². The largest absolute Gasteiger partial charge is 0.348 e. The number of hydrogen-bond acceptors (Lipinski definition) is 1. The van der Waals surface area contributed by atoms with Crippen molar-refractivity contribution in [3.8, 4) is 0 Å². The lowest BCUT2D eigenvalue weighted by Gasteiger charge is -2.17. The maximum atomic E-state index is 4.11. The summed E-state index contributed by atoms with van der Waals surface area (Å²) in [5.74, 6) is 0.364. The molecule has 3 rings (SSSR count). The Labute approximate surface area is 113 Å². The molecule has 1 N–H and O–H groups in total. The molecule has 0 saturated heterocycles. The molecule has 2 heteroatoms. The van der Waals surface area contributed by atoms with Crippen LogP contribution in [0.25, 0.3) is 0 Å². The molecule has 19 heavy (non-hydrogen) atoms. The van der Waals surface area contributed by atoms with E-state index in [0.29, 0.717) is 5.92 Å². The highest BCUT2D eigenvalue weighted by Gasteiger charge is 2.14. The van der Waals surface area contributed by atoms with Crippen molar-refractivity contribution < 1.29 is 0 Å². The Morgan fingerprint density at radius 2 is 1.42 bits per heavy atom. The van der Waals surface area contributed by atoms with Crippen LogP contribution in [0, 0.1) is 0 Å². The maximum absolute atomic E-state index is 4.11. The zero-order valence-corrected chi connectivity index (χ0v) is 10.7. The lowest BCUT2D eigenvalue weighted by molar-refractivity contribution is 0.788. The normalized spacial score (nSPS) is 10.8. The van der Waals surface area contributed by atoms with Crippen molar-refractivity contribution in [2.75, 3.05) is 0 Å². The molecular weight excluding hydrogens is 232 g/mol. The summed E-state index contributed by atoms with van der Waals surface area (Å²) >= 11 is 0. The van der Waals surface area contributed by atoms with E-state index in [4.69, 9.17) is 0 Å². The highest BCUT2D eigenvalue weighted by atomic mass is 14.9. The second-order valence-electron chi connectivity index (χ2n) is 4.65. The number of aromatic nitrogens is 2. The minimum atomic E-state index is 0.364. The number of hydrogen-bond donors (Lipinski definition) is 1. The molecule has 0 amide bonds. The Bertz CT molecular complexity index is 561. The first-order valence-electron chi connectivity index (χ1n) is 6.50. The molecule has 2 aromatic carbocycles. The zero-order chi connectivity index (χ0) is 12.9. The second kappa shape index (κ2) is 5.53. The Hall–Kier alpha value is -2.35. The molecule has 0 atom stereocenters. The summed E-state index contributed by atoms with van der Waals surface area (Å²) < 4.78 is 0. The van der Waals surface area contributed by atoms with Crippen LogP contribution < -0.4 is 0 Å². The van der Waals surface area contributed by atoms with Gasteiger partial charge in [0.05, 0.1) is 6.33 Å². The fourth-order valence-electron chi connectivity index (χ4n) is 2.42. The van der Waals surface area contributed by atoms with Gasteiger partial charge in [0, 0.05) is 17.8 Å². The van der Waals surface area contributed by atoms with Crippen molar-refractivity contribution in [3.63, 3.8) is 0 Å². The Kier molecular flexibility index (Phi) is 3.41. The van der Waals surface area contributed by atoms with Crippen LogP contribution in [0.5, 0.6) is 0 Å². The molecule has 0 bridgehead atoms. The topological polar surface area (TPSA) is 28.7 Å². The van der Waals surface area contributed by atoms with Gasteiger partial charge in [-0.15, -0.1) is 0 Å². The molecule has 0 aliphatic rings. The van der Waals surface area contributed by atoms with Gasteiger partial charge in [-0.3, -0.25) is 0 Å². The Balaban J connectivity index is 1.96. The summed E-state index contributed by atoms with van der Waals surface area (Å²) in [7, 11) is 0. The number of nitrogens with one attached hydrogen (secondary N) is 1. The van der Waals surface area contributed by atoms with Crippen LogP contribution in [0.2, 0.25) is 0 Å². The number of aromatic amines is 1. The van der Waals surface area contributed by atoms with Crippen molar-refractivity contribution in [3.05, 3.63) is 90.0 Å². The van der Waals surface area contributed by atoms with Gasteiger partial charge in [-0.1, -0.05) is 60.7 Å². The van der Waals surface area contributed by atoms with Crippen LogP contribution >= 0.6 is 0 Å². The van der Waals surface area contributed by atoms with Crippen LogP contribution in [0.15, 0.2) is 73.2 Å². The SMILES string of the molecule is c1ccc(C(Cc2cnc[nH]2)c2ccccc2)cc1. The monoisotopic (exact) mass is 248 g/mol. The van der Waals surface area contributed by atoms with E-state index >= 15 is 0 Å². The van der Waals surface area contributed by atoms with Crippen molar-refractivity contribution >= 4 is 0 Å². The smallest absolute Gasteiger partial charge is 0.0921 e. The molecule has 0 radical (unpaired) electrons. The van der Waals surface area contributed by atoms with Gasteiger partial charge in [-0.25, -0.2) is 4.98 Å². The molecule has 0 fully saturated rings. The van der Waals surface area contributed by atoms with E-state index in [2.05, 4.69) is 70.6 Å². The van der Waals surface area contributed by atoms with Crippen LogP contribution in [0.3, 0.4) is 0 Å². The van der Waals surface area contributed by atoms with E-state index in [9.17, 15) is 0 Å². The van der Waals surface area contributed by atoms with Crippen LogP contribution in [0.1, 0.15) is 22.7 Å². The first-order chi connectivity index (χ1) is 9.43. The number of rotatable bonds is 4. The van der Waals surface area contributed by atoms with Crippen molar-refractivity contribution in [2.24, 2.45) is 0 Å². The van der Waals surface area contributed by atoms with Gasteiger partial charge in [0.15, 0.2) is 0 Å². The number of nitrogens with zero attached hydrogens (tertiary/aromatic N) is 1. The van der Waals surface area contributed by atoms with Crippen LogP contribution in [-0.4, -0.2) is 9.97 Å². The van der Waals surface area contributed by atoms with Crippen LogP contribution in [0.4, 0.5) is 0 Å². The summed E-state index contributed by atoms with van der Waals surface area (Å²) in [4.78, 5) is 7.30. The molecule has 0 aliphatic carbocycles. The van der Waals surface area contributed by atoms with Crippen molar-refractivity contribution in [2.45, 2.75) is 12.3 Å². The molecular formula is C17H16N2. The third kappa shape index (κ3) is 2.74. The molecule has 2 nitrogen and oxygen atoms in total. The lowest BCUT2D eigenvalue weighted by Crippen LogP contribution is -2.05. The Morgan fingerprint density at radius 1 is 0.842 bits per heavy atom. The fraction of sp³-hybridized carbons (Fsp3) is 0.118. The van der Waals surface area contributed by atoms with Gasteiger partial charge in [0.1, 0.15) is 0 Å². The minimum Gasteiger partial charge on any atom is -0.348 e. The molecule has 0 spiro atoms. The average molecular weight is 248 g/mol. The van der Waals surface area contributed by atoms with E-state index in [1.54, 1.807) is 6.33 Å². The van der Waals surface area contributed by atoms with E-state index in [1.807, 2.05) is 6.20 Å². The summed E-state index contributed by atoms with van der Waals surface area (Å²) in [5, 5.41) is 0. The molecule has 1 aromatic heterocycles. The molecule has 0 aliphatic heterocycles. The highest BCUT2D eigenvalue weighted by molar-refractivity contribution is 5.33. The van der Waals surface area contributed by atoms with Crippen molar-refractivity contribution in [1.29, 1.82) is 0 Å². The van der Waals surface area contributed by atoms with Gasteiger partial charge >= 0.3 is 0 Å². The first-order valence-corrected chi connectivity index (χ1v) is 6.50. The van der Waals surface area contributed by atoms with E-state index in [0.717, 1.165) is 12.1 Å². The number of imidazole rings is 1. The third-order valence-electron chi connectivity index (χ3n) is 3.38. The summed E-state index contributed by atoms with van der Waals surface area (Å²) in [5.41, 5.74) is 3.84. The predicted molar refractivity (Wildman–Crippen MR) is 77.0 cm³/mol. The standard InChI is InChI=1S/C17H16N2/c1-3-7-14(8-4-1)17(11-16-12-18-13-19-16)15-9-5-2-6-10-15/h1-10,12-13,17H,11H2,(H,18,19). The molecule has 0 saturated carbocycles. The van der Waals surface area contributed by atoms with Gasteiger partial charge in [-0.2, -0.15) is 0 Å². The van der Waals surface area contributed by atoms with E-state index in [1.165, 1.54) is 11.1 Å². The van der Waals surface area contributed by atoms with Gasteiger partial charge < -0.3 is 4.98 Å². The molecule has 94 valence electrons. The predicted octanol–water partition coefficient (Wildman–Crippen LogP) is 3.78. The van der Waals surface area contributed by atoms with Crippen LogP contribution in [-0.2, 0) is 6.42 Å². The summed E-state index contributed by atoms with van der Waals surface area (Å²) in [6.45, 7) is 0. The number of benzene rings is 2. The highest BCUT2D eigenvalue weighted by Crippen LogP contribution is 2.27. The third-order valence-corrected chi connectivity index (χ3v) is 3.38. The van der Waals surface area contributed by atoms with Gasteiger partial charge in [-0.05, 0) is 17.5 Å². The lowest BCUT2D eigenvalue weighted by atomic mass is 9.88. The van der Waals surface area contributed by atoms with Gasteiger partial charge in [0.25, 0.3) is 0 Å². The summed E-state index contributed by atoms with van der Waals surface area (Å²) in [6, 6.07) is 21.3. The molecule has 0 unspecified atom stereocenters. The molecule has 1 heterocycles. The molecule has 3 aromatic rings. The first kappa shape index (κ1) is 11.7. The number of H-pyrrole nitrogens is 1. The van der Waals surface area contributed by atoms with E-state index < -0.39 is 0 Å². The second-order valence-corrected chi connectivity index (χ2v) is 4.65. The minimum absolute atomic E-state index is 0.364. The Morgan fingerprint density at radius 3 is 1.89 bits per heavy atom. The quantitative estimate of drug-likeness (QED) is 0.747. The van der Waals surface area contributed by atoms with Crippen molar-refractivity contribution in [1.82, 2.24) is 9.97 Å². The fourth-order valence-corrected chi connectivity index (χ4v) is 2.42. The van der Waals surface area contributed by atoms with Gasteiger partial charge in [0.2, 0.25) is 0 Å². The summed E-state index contributed by atoms with van der Waals surface area (Å²) in [6.07, 6.45) is 4.58. The maximum Gasteiger partial charge on any atom is 0.0921 e. The zero-order valence-electron chi connectivity index (χ0n) is 10.7.